The van der Waals surface area contributed by atoms with Crippen LogP contribution in [0.1, 0.15) is 5.56 Å². The van der Waals surface area contributed by atoms with Crippen molar-refractivity contribution in [1.82, 2.24) is 5.32 Å². The molecule has 0 aromatic heterocycles. The van der Waals surface area contributed by atoms with Gasteiger partial charge in [-0.3, -0.25) is 4.79 Å². The Hall–Kier alpha value is -1.49. The maximum absolute atomic E-state index is 12.1. The van der Waals surface area contributed by atoms with Crippen molar-refractivity contribution in [2.24, 2.45) is 4.99 Å². The Morgan fingerprint density at radius 1 is 1.09 bits per heavy atom. The third kappa shape index (κ3) is 3.64. The van der Waals surface area contributed by atoms with Crippen LogP contribution in [-0.4, -0.2) is 16.3 Å². The van der Waals surface area contributed by atoms with Crippen molar-refractivity contribution < 1.29 is 4.79 Å². The van der Waals surface area contributed by atoms with E-state index in [4.69, 9.17) is 23.2 Å². The van der Waals surface area contributed by atoms with Gasteiger partial charge in [-0.15, -0.1) is 0 Å². The molecule has 1 unspecified atom stereocenters. The molecule has 1 N–H and O–H groups in total. The number of nitrogens with zero attached hydrogens (tertiary/aromatic N) is 1. The molecule has 1 atom stereocenters. The largest absolute Gasteiger partial charge is 0.304 e. The van der Waals surface area contributed by atoms with Crippen LogP contribution in [0.3, 0.4) is 0 Å². The van der Waals surface area contributed by atoms with Crippen LogP contribution in [0.2, 0.25) is 10.0 Å². The van der Waals surface area contributed by atoms with Gasteiger partial charge in [-0.25, -0.2) is 4.99 Å². The summed E-state index contributed by atoms with van der Waals surface area (Å²) in [6.45, 7) is 0. The minimum atomic E-state index is -0.209. The van der Waals surface area contributed by atoms with Gasteiger partial charge in [-0.05, 0) is 36.2 Å². The Bertz CT molecular complexity index is 734. The summed E-state index contributed by atoms with van der Waals surface area (Å²) >= 11 is 13.3. The molecule has 112 valence electrons. The quantitative estimate of drug-likeness (QED) is 0.887. The molecular formula is C16H12Cl2N2OS. The number of hydrogen-bond acceptors (Lipinski definition) is 3. The monoisotopic (exact) mass is 350 g/mol. The van der Waals surface area contributed by atoms with E-state index in [0.717, 1.165) is 11.3 Å². The van der Waals surface area contributed by atoms with Crippen LogP contribution in [-0.2, 0) is 11.2 Å². The second-order valence-electron chi connectivity index (χ2n) is 4.80. The van der Waals surface area contributed by atoms with E-state index in [2.05, 4.69) is 10.3 Å². The summed E-state index contributed by atoms with van der Waals surface area (Å²) < 4.78 is 0. The smallest absolute Gasteiger partial charge is 0.239 e. The first-order valence-corrected chi connectivity index (χ1v) is 8.30. The molecule has 1 fully saturated rings. The molecule has 0 saturated carbocycles. The number of nitrogens with one attached hydrogen (secondary N) is 1. The van der Waals surface area contributed by atoms with Gasteiger partial charge in [0.15, 0.2) is 5.17 Å². The normalized spacial score (nSPS) is 19.5. The lowest BCUT2D eigenvalue weighted by Gasteiger charge is -2.06. The lowest BCUT2D eigenvalue weighted by molar-refractivity contribution is -0.118. The zero-order valence-electron chi connectivity index (χ0n) is 11.4. The minimum Gasteiger partial charge on any atom is -0.304 e. The van der Waals surface area contributed by atoms with Crippen LogP contribution < -0.4 is 5.32 Å². The molecule has 22 heavy (non-hydrogen) atoms. The molecule has 0 bridgehead atoms. The van der Waals surface area contributed by atoms with Crippen molar-refractivity contribution in [3.05, 3.63) is 64.1 Å². The molecule has 1 amide bonds. The van der Waals surface area contributed by atoms with Gasteiger partial charge in [-0.1, -0.05) is 59.2 Å². The first-order valence-electron chi connectivity index (χ1n) is 6.67. The predicted octanol–water partition coefficient (Wildman–Crippen LogP) is 4.46. The van der Waals surface area contributed by atoms with Crippen molar-refractivity contribution in [3.63, 3.8) is 0 Å². The summed E-state index contributed by atoms with van der Waals surface area (Å²) in [7, 11) is 0. The molecule has 1 saturated heterocycles. The fraction of sp³-hybridized carbons (Fsp3) is 0.125. The lowest BCUT2D eigenvalue weighted by atomic mass is 10.1. The molecular weight excluding hydrogens is 339 g/mol. The van der Waals surface area contributed by atoms with Gasteiger partial charge >= 0.3 is 0 Å². The highest BCUT2D eigenvalue weighted by atomic mass is 35.5. The maximum atomic E-state index is 12.1. The fourth-order valence-electron chi connectivity index (χ4n) is 2.09. The Kier molecular flexibility index (Phi) is 4.71. The van der Waals surface area contributed by atoms with Crippen LogP contribution in [0, 0.1) is 0 Å². The van der Waals surface area contributed by atoms with Crippen LogP contribution in [0.25, 0.3) is 0 Å². The summed E-state index contributed by atoms with van der Waals surface area (Å²) in [5, 5.41) is 4.25. The molecule has 2 aromatic carbocycles. The average molecular weight is 351 g/mol. The second kappa shape index (κ2) is 6.73. The van der Waals surface area contributed by atoms with E-state index < -0.39 is 0 Å². The number of amidine groups is 1. The van der Waals surface area contributed by atoms with Crippen molar-refractivity contribution in [3.8, 4) is 0 Å². The summed E-state index contributed by atoms with van der Waals surface area (Å²) in [6, 6.07) is 15.0. The number of rotatable bonds is 3. The molecule has 3 rings (SSSR count). The van der Waals surface area contributed by atoms with Gasteiger partial charge in [0.05, 0.1) is 21.0 Å². The number of halogens is 2. The molecule has 1 aliphatic rings. The molecule has 6 heteroatoms. The molecule has 0 spiro atoms. The van der Waals surface area contributed by atoms with Crippen molar-refractivity contribution in [2.45, 2.75) is 11.7 Å². The van der Waals surface area contributed by atoms with E-state index in [1.54, 1.807) is 12.1 Å². The molecule has 0 radical (unpaired) electrons. The first-order chi connectivity index (χ1) is 10.6. The van der Waals surface area contributed by atoms with Crippen LogP contribution in [0.5, 0.6) is 0 Å². The minimum absolute atomic E-state index is 0.0363. The zero-order valence-corrected chi connectivity index (χ0v) is 13.8. The van der Waals surface area contributed by atoms with Gasteiger partial charge in [0.2, 0.25) is 5.91 Å². The average Bonchev–Trinajstić information content (AvgIpc) is 2.84. The fourth-order valence-corrected chi connectivity index (χ4v) is 3.44. The van der Waals surface area contributed by atoms with Gasteiger partial charge in [0, 0.05) is 0 Å². The highest BCUT2D eigenvalue weighted by Gasteiger charge is 2.30. The molecule has 2 aromatic rings. The number of para-hydroxylation sites is 1. The van der Waals surface area contributed by atoms with Crippen molar-refractivity contribution in [1.29, 1.82) is 0 Å². The Morgan fingerprint density at radius 2 is 1.86 bits per heavy atom. The van der Waals surface area contributed by atoms with E-state index in [1.165, 1.54) is 11.8 Å². The SMILES string of the molecule is O=C1NC(=Nc2ccccc2)SC1Cc1ccc(Cl)c(Cl)c1. The Balaban J connectivity index is 1.72. The van der Waals surface area contributed by atoms with E-state index in [-0.39, 0.29) is 11.2 Å². The van der Waals surface area contributed by atoms with E-state index in [9.17, 15) is 4.79 Å². The third-order valence-corrected chi connectivity index (χ3v) is 4.99. The van der Waals surface area contributed by atoms with Crippen LogP contribution in [0.4, 0.5) is 5.69 Å². The summed E-state index contributed by atoms with van der Waals surface area (Å²) in [5.74, 6) is -0.0363. The standard InChI is InChI=1S/C16H12Cl2N2OS/c17-12-7-6-10(8-13(12)18)9-14-15(21)20-16(22-14)19-11-4-2-1-3-5-11/h1-8,14H,9H2,(H,19,20,21). The van der Waals surface area contributed by atoms with Gasteiger partial charge in [0.25, 0.3) is 0 Å². The van der Waals surface area contributed by atoms with Gasteiger partial charge < -0.3 is 5.32 Å². The number of aliphatic imine (C=N–C) groups is 1. The Labute approximate surface area is 142 Å². The molecule has 3 nitrogen and oxygen atoms in total. The number of thioether (sulfide) groups is 1. The molecule has 1 aliphatic heterocycles. The van der Waals surface area contributed by atoms with Crippen LogP contribution >= 0.6 is 35.0 Å². The van der Waals surface area contributed by atoms with Crippen molar-refractivity contribution in [2.75, 3.05) is 0 Å². The van der Waals surface area contributed by atoms with Gasteiger partial charge in [-0.2, -0.15) is 0 Å². The van der Waals surface area contributed by atoms with E-state index in [1.807, 2.05) is 36.4 Å². The van der Waals surface area contributed by atoms with Crippen LogP contribution in [0.15, 0.2) is 53.5 Å². The topological polar surface area (TPSA) is 41.5 Å². The molecule has 0 aliphatic carbocycles. The summed E-state index contributed by atoms with van der Waals surface area (Å²) in [5.41, 5.74) is 1.79. The zero-order chi connectivity index (χ0) is 15.5. The second-order valence-corrected chi connectivity index (χ2v) is 6.81. The molecule has 1 heterocycles. The number of hydrogen-bond donors (Lipinski definition) is 1. The lowest BCUT2D eigenvalue weighted by Crippen LogP contribution is -2.25. The van der Waals surface area contributed by atoms with E-state index >= 15 is 0 Å². The number of amides is 1. The third-order valence-electron chi connectivity index (χ3n) is 3.17. The van der Waals surface area contributed by atoms with Crippen molar-refractivity contribution >= 4 is 51.7 Å². The Morgan fingerprint density at radius 3 is 2.59 bits per heavy atom. The number of benzene rings is 2. The highest BCUT2D eigenvalue weighted by Crippen LogP contribution is 2.28. The number of carbonyl (C=O) groups excluding carboxylic acids is 1. The first kappa shape index (κ1) is 15.4. The maximum Gasteiger partial charge on any atom is 0.239 e. The highest BCUT2D eigenvalue weighted by molar-refractivity contribution is 8.15. The van der Waals surface area contributed by atoms with E-state index in [0.29, 0.717) is 21.6 Å². The number of carbonyl (C=O) groups is 1. The summed E-state index contributed by atoms with van der Waals surface area (Å²) in [4.78, 5) is 16.5. The summed E-state index contributed by atoms with van der Waals surface area (Å²) in [6.07, 6.45) is 0.585. The van der Waals surface area contributed by atoms with Gasteiger partial charge in [0.1, 0.15) is 0 Å². The predicted molar refractivity (Wildman–Crippen MR) is 93.2 cm³/mol.